The summed E-state index contributed by atoms with van der Waals surface area (Å²) in [6.07, 6.45) is 1.01. The van der Waals surface area contributed by atoms with Crippen LogP contribution in [0.3, 0.4) is 0 Å². The average molecular weight is 393 g/mol. The number of anilines is 1. The highest BCUT2D eigenvalue weighted by Crippen LogP contribution is 2.21. The first-order valence-corrected chi connectivity index (χ1v) is 9.52. The molecular formula is C23H23NO5. The molecule has 0 aliphatic carbocycles. The topological polar surface area (TPSA) is 81.7 Å². The molecule has 29 heavy (non-hydrogen) atoms. The lowest BCUT2D eigenvalue weighted by Crippen LogP contribution is -2.20. The second-order valence-corrected chi connectivity index (χ2v) is 6.84. The predicted molar refractivity (Wildman–Crippen MR) is 108 cm³/mol. The van der Waals surface area contributed by atoms with Gasteiger partial charge in [-0.15, -0.1) is 0 Å². The lowest BCUT2D eigenvalue weighted by Gasteiger charge is -2.10. The van der Waals surface area contributed by atoms with E-state index in [-0.39, 0.29) is 23.8 Å². The third-order valence-electron chi connectivity index (χ3n) is 4.84. The monoisotopic (exact) mass is 393 g/mol. The van der Waals surface area contributed by atoms with Crippen molar-refractivity contribution in [3.63, 3.8) is 0 Å². The minimum Gasteiger partial charge on any atom is -0.470 e. The normalized spacial score (nSPS) is 14.3. The van der Waals surface area contributed by atoms with Crippen LogP contribution in [0.25, 0.3) is 0 Å². The van der Waals surface area contributed by atoms with Gasteiger partial charge in [-0.2, -0.15) is 0 Å². The van der Waals surface area contributed by atoms with E-state index in [0.717, 1.165) is 12.0 Å². The lowest BCUT2D eigenvalue weighted by atomic mass is 9.97. The molecule has 0 amide bonds. The summed E-state index contributed by atoms with van der Waals surface area (Å²) < 4.78 is 10.4. The number of nitrogens with one attached hydrogen (secondary N) is 1. The summed E-state index contributed by atoms with van der Waals surface area (Å²) in [5.74, 6) is -1.25. The van der Waals surface area contributed by atoms with Crippen LogP contribution in [0.5, 0.6) is 0 Å². The number of rotatable bonds is 8. The summed E-state index contributed by atoms with van der Waals surface area (Å²) in [7, 11) is 0. The maximum Gasteiger partial charge on any atom is 0.347 e. The quantitative estimate of drug-likeness (QED) is 0.417. The van der Waals surface area contributed by atoms with E-state index in [2.05, 4.69) is 19.2 Å². The highest BCUT2D eigenvalue weighted by molar-refractivity contribution is 6.20. The third kappa shape index (κ3) is 4.90. The second-order valence-electron chi connectivity index (χ2n) is 6.84. The third-order valence-corrected chi connectivity index (χ3v) is 4.84. The van der Waals surface area contributed by atoms with Gasteiger partial charge in [0, 0.05) is 11.3 Å². The fourth-order valence-electron chi connectivity index (χ4n) is 2.89. The number of ketones is 2. The minimum absolute atomic E-state index is 0.0385. The van der Waals surface area contributed by atoms with Gasteiger partial charge < -0.3 is 14.8 Å². The van der Waals surface area contributed by atoms with Crippen molar-refractivity contribution in [3.8, 4) is 0 Å². The van der Waals surface area contributed by atoms with E-state index < -0.39 is 18.4 Å². The van der Waals surface area contributed by atoms with Crippen LogP contribution in [0.1, 0.15) is 42.1 Å². The Morgan fingerprint density at radius 1 is 1.10 bits per heavy atom. The van der Waals surface area contributed by atoms with Crippen LogP contribution in [0.2, 0.25) is 0 Å². The average Bonchev–Trinajstić information content (AvgIpc) is 3.12. The number of Topliss-reactive ketones (excluding diaryl/α,β-unsaturated/α-hetero) is 2. The summed E-state index contributed by atoms with van der Waals surface area (Å²) in [5.41, 5.74) is 2.06. The Hall–Kier alpha value is -3.41. The zero-order chi connectivity index (χ0) is 20.8. The van der Waals surface area contributed by atoms with Crippen LogP contribution >= 0.6 is 0 Å². The zero-order valence-electron chi connectivity index (χ0n) is 16.4. The number of ether oxygens (including phenoxy) is 2. The molecule has 2 aromatic rings. The first-order chi connectivity index (χ1) is 14.0. The lowest BCUT2D eigenvalue weighted by molar-refractivity contribution is -0.139. The van der Waals surface area contributed by atoms with E-state index in [0.29, 0.717) is 17.2 Å². The van der Waals surface area contributed by atoms with Crippen molar-refractivity contribution in [2.24, 2.45) is 0 Å². The fraction of sp³-hybridized carbons (Fsp3) is 0.261. The number of carbonyl (C=O) groups excluding carboxylic acids is 3. The number of carbonyl (C=O) groups is 3. The smallest absolute Gasteiger partial charge is 0.347 e. The Morgan fingerprint density at radius 2 is 1.79 bits per heavy atom. The number of benzene rings is 2. The van der Waals surface area contributed by atoms with Crippen LogP contribution in [0, 0.1) is 0 Å². The summed E-state index contributed by atoms with van der Waals surface area (Å²) in [4.78, 5) is 36.8. The van der Waals surface area contributed by atoms with E-state index in [1.54, 1.807) is 24.3 Å². The Morgan fingerprint density at radius 3 is 2.45 bits per heavy atom. The molecule has 0 unspecified atom stereocenters. The van der Waals surface area contributed by atoms with Gasteiger partial charge in [-0.25, -0.2) is 4.79 Å². The molecular weight excluding hydrogens is 370 g/mol. The molecule has 0 radical (unpaired) electrons. The van der Waals surface area contributed by atoms with Crippen LogP contribution in [-0.2, 0) is 19.1 Å². The molecule has 3 rings (SSSR count). The van der Waals surface area contributed by atoms with Gasteiger partial charge >= 0.3 is 5.97 Å². The van der Waals surface area contributed by atoms with Crippen molar-refractivity contribution in [1.82, 2.24) is 0 Å². The van der Waals surface area contributed by atoms with E-state index in [1.165, 1.54) is 0 Å². The fourth-order valence-corrected chi connectivity index (χ4v) is 2.89. The van der Waals surface area contributed by atoms with Gasteiger partial charge in [0.05, 0.1) is 0 Å². The Kier molecular flexibility index (Phi) is 6.44. The van der Waals surface area contributed by atoms with Gasteiger partial charge in [0.15, 0.2) is 24.6 Å². The summed E-state index contributed by atoms with van der Waals surface area (Å²) in [5, 5.41) is 2.89. The number of hydrogen-bond donors (Lipinski definition) is 1. The Balaban J connectivity index is 1.64. The Bertz CT molecular complexity index is 932. The first-order valence-electron chi connectivity index (χ1n) is 9.52. The molecule has 1 atom stereocenters. The number of esters is 1. The molecule has 6 heteroatoms. The van der Waals surface area contributed by atoms with Crippen LogP contribution in [0.15, 0.2) is 66.1 Å². The van der Waals surface area contributed by atoms with Crippen LogP contribution < -0.4 is 5.32 Å². The molecule has 1 heterocycles. The molecule has 150 valence electrons. The van der Waals surface area contributed by atoms with Gasteiger partial charge in [-0.1, -0.05) is 56.3 Å². The van der Waals surface area contributed by atoms with Crippen molar-refractivity contribution in [2.75, 3.05) is 18.5 Å². The largest absolute Gasteiger partial charge is 0.470 e. The van der Waals surface area contributed by atoms with Crippen molar-refractivity contribution in [2.45, 2.75) is 26.2 Å². The minimum atomic E-state index is -0.879. The number of hydrogen-bond acceptors (Lipinski definition) is 6. The molecule has 0 spiro atoms. The maximum atomic E-state index is 12.4. The molecule has 0 aromatic heterocycles. The molecule has 1 aliphatic rings. The van der Waals surface area contributed by atoms with Gasteiger partial charge in [-0.05, 0) is 30.0 Å². The van der Waals surface area contributed by atoms with E-state index >= 15 is 0 Å². The Labute approximate surface area is 169 Å². The highest BCUT2D eigenvalue weighted by atomic mass is 16.5. The standard InChI is InChI=1S/C23H23NO5/c1-3-15(2)16-9-11-17(12-10-16)19(25)13-29-23(27)21-20(26)14-28-22(21)24-18-7-5-4-6-8-18/h4-12,15,24H,3,13-14H2,1-2H3/t15-/m1/s1. The molecule has 0 saturated carbocycles. The summed E-state index contributed by atoms with van der Waals surface area (Å²) >= 11 is 0. The molecule has 1 aliphatic heterocycles. The van der Waals surface area contributed by atoms with Crippen molar-refractivity contribution < 1.29 is 23.9 Å². The van der Waals surface area contributed by atoms with Gasteiger partial charge in [0.25, 0.3) is 0 Å². The van der Waals surface area contributed by atoms with E-state index in [4.69, 9.17) is 9.47 Å². The van der Waals surface area contributed by atoms with Gasteiger partial charge in [0.2, 0.25) is 11.7 Å². The molecule has 1 N–H and O–H groups in total. The summed E-state index contributed by atoms with van der Waals surface area (Å²) in [6, 6.07) is 16.3. The molecule has 6 nitrogen and oxygen atoms in total. The van der Waals surface area contributed by atoms with Crippen molar-refractivity contribution in [3.05, 3.63) is 77.2 Å². The first kappa shape index (κ1) is 20.3. The van der Waals surface area contributed by atoms with Gasteiger partial charge in [0.1, 0.15) is 0 Å². The SMILES string of the molecule is CC[C@@H](C)c1ccc(C(=O)COC(=O)C2=C(Nc3ccccc3)OCC2=O)cc1. The van der Waals surface area contributed by atoms with Crippen molar-refractivity contribution >= 4 is 23.2 Å². The van der Waals surface area contributed by atoms with E-state index in [9.17, 15) is 14.4 Å². The predicted octanol–water partition coefficient (Wildman–Crippen LogP) is 3.85. The van der Waals surface area contributed by atoms with E-state index in [1.807, 2.05) is 30.3 Å². The summed E-state index contributed by atoms with van der Waals surface area (Å²) in [6.45, 7) is 3.53. The van der Waals surface area contributed by atoms with Crippen LogP contribution in [-0.4, -0.2) is 30.7 Å². The molecule has 0 fully saturated rings. The molecule has 0 saturated heterocycles. The van der Waals surface area contributed by atoms with Crippen LogP contribution in [0.4, 0.5) is 5.69 Å². The highest BCUT2D eigenvalue weighted by Gasteiger charge is 2.32. The molecule has 0 bridgehead atoms. The van der Waals surface area contributed by atoms with Crippen molar-refractivity contribution in [1.29, 1.82) is 0 Å². The second kappa shape index (κ2) is 9.19. The van der Waals surface area contributed by atoms with Gasteiger partial charge in [-0.3, -0.25) is 9.59 Å². The molecule has 2 aromatic carbocycles. The maximum absolute atomic E-state index is 12.4. The zero-order valence-corrected chi connectivity index (χ0v) is 16.4. The number of para-hydroxylation sites is 1.